The average molecular weight is 321 g/mol. The molecule has 118 valence electrons. The minimum Gasteiger partial charge on any atom is -0.480 e. The second-order valence-electron chi connectivity index (χ2n) is 5.26. The van der Waals surface area contributed by atoms with E-state index in [2.05, 4.69) is 0 Å². The summed E-state index contributed by atoms with van der Waals surface area (Å²) in [6.45, 7) is 1.15. The maximum absolute atomic E-state index is 12.4. The van der Waals surface area contributed by atoms with Gasteiger partial charge in [-0.25, -0.2) is 0 Å². The number of hydrogen-bond acceptors (Lipinski definition) is 4. The smallest absolute Gasteiger partial charge is 0.323 e. The third-order valence-electron chi connectivity index (χ3n) is 3.72. The predicted molar refractivity (Wildman–Crippen MR) is 84.6 cm³/mol. The van der Waals surface area contributed by atoms with Crippen LogP contribution in [0.2, 0.25) is 0 Å². The third-order valence-corrected chi connectivity index (χ3v) is 4.54. The topological polar surface area (TPSA) is 74.7 Å². The van der Waals surface area contributed by atoms with Crippen LogP contribution >= 0.6 is 11.8 Å². The van der Waals surface area contributed by atoms with Gasteiger partial charge in [0.25, 0.3) is 0 Å². The summed E-state index contributed by atoms with van der Waals surface area (Å²) >= 11 is 1.09. The number of amides is 1. The van der Waals surface area contributed by atoms with Gasteiger partial charge in [-0.3, -0.25) is 14.4 Å². The molecule has 1 atom stereocenters. The molecule has 1 aliphatic rings. The van der Waals surface area contributed by atoms with Gasteiger partial charge >= 0.3 is 5.97 Å². The van der Waals surface area contributed by atoms with Gasteiger partial charge in [-0.05, 0) is 24.0 Å². The van der Waals surface area contributed by atoms with Crippen molar-refractivity contribution in [1.82, 2.24) is 4.90 Å². The summed E-state index contributed by atoms with van der Waals surface area (Å²) in [5.41, 5.74) is 2.21. The number of hydrogen-bond donors (Lipinski definition) is 1. The molecule has 22 heavy (non-hydrogen) atoms. The number of benzene rings is 1. The van der Waals surface area contributed by atoms with Crippen molar-refractivity contribution in [3.63, 3.8) is 0 Å². The number of carboxylic acids is 1. The number of carboxylic acid groups (broad SMARTS) is 1. The fourth-order valence-corrected chi connectivity index (χ4v) is 3.37. The lowest BCUT2D eigenvalue weighted by Gasteiger charge is -2.28. The van der Waals surface area contributed by atoms with Gasteiger partial charge in [-0.1, -0.05) is 36.0 Å². The van der Waals surface area contributed by atoms with E-state index in [0.29, 0.717) is 5.75 Å². The number of nitrogens with zero attached hydrogens (tertiary/aromatic N) is 1. The lowest BCUT2D eigenvalue weighted by molar-refractivity contribution is -0.146. The van der Waals surface area contributed by atoms with Crippen molar-refractivity contribution in [3.8, 4) is 0 Å². The normalized spacial score (nSPS) is 16.1. The minimum atomic E-state index is -1.02. The number of aryl methyl sites for hydroxylation is 1. The van der Waals surface area contributed by atoms with Crippen molar-refractivity contribution in [2.45, 2.75) is 32.2 Å². The van der Waals surface area contributed by atoms with Gasteiger partial charge < -0.3 is 10.0 Å². The number of fused-ring (bicyclic) bond motifs is 1. The van der Waals surface area contributed by atoms with Crippen LogP contribution in [0.25, 0.3) is 0 Å². The van der Waals surface area contributed by atoms with E-state index in [1.165, 1.54) is 17.4 Å². The lowest BCUT2D eigenvalue weighted by Crippen LogP contribution is -2.38. The Bertz CT molecular complexity index is 587. The van der Waals surface area contributed by atoms with Gasteiger partial charge in [0.15, 0.2) is 5.12 Å². The second-order valence-corrected chi connectivity index (χ2v) is 6.53. The zero-order chi connectivity index (χ0) is 16.1. The summed E-state index contributed by atoms with van der Waals surface area (Å²) in [5.74, 6) is -0.839. The molecule has 0 aliphatic heterocycles. The van der Waals surface area contributed by atoms with Crippen molar-refractivity contribution in [2.75, 3.05) is 12.3 Å². The zero-order valence-corrected chi connectivity index (χ0v) is 13.3. The van der Waals surface area contributed by atoms with E-state index in [4.69, 9.17) is 5.11 Å². The number of carbonyl (C=O) groups excluding carboxylic acids is 2. The molecular formula is C16H19NO4S. The first-order chi connectivity index (χ1) is 10.5. The molecule has 0 bridgehead atoms. The summed E-state index contributed by atoms with van der Waals surface area (Å²) in [6, 6.07) is 7.66. The Hall–Kier alpha value is -1.82. The maximum Gasteiger partial charge on any atom is 0.323 e. The van der Waals surface area contributed by atoms with Crippen LogP contribution in [0.3, 0.4) is 0 Å². The van der Waals surface area contributed by atoms with Crippen LogP contribution in [-0.2, 0) is 20.8 Å². The third kappa shape index (κ3) is 4.10. The molecule has 0 saturated heterocycles. The van der Waals surface area contributed by atoms with E-state index in [9.17, 15) is 14.4 Å². The highest BCUT2D eigenvalue weighted by atomic mass is 32.2. The summed E-state index contributed by atoms with van der Waals surface area (Å²) in [5, 5.41) is 9.06. The molecule has 2 rings (SSSR count). The fraction of sp³-hybridized carbons (Fsp3) is 0.438. The van der Waals surface area contributed by atoms with Crippen molar-refractivity contribution in [2.24, 2.45) is 0 Å². The molecule has 0 saturated carbocycles. The Balaban J connectivity index is 2.11. The van der Waals surface area contributed by atoms with Crippen molar-refractivity contribution >= 4 is 28.8 Å². The van der Waals surface area contributed by atoms with Crippen molar-refractivity contribution in [1.29, 1.82) is 0 Å². The maximum atomic E-state index is 12.4. The Labute approximate surface area is 133 Å². The quantitative estimate of drug-likeness (QED) is 0.870. The standard InChI is InChI=1S/C16H19NO4S/c1-11(18)22-9-8-15(19)17(10-16(20)21)14-7-6-12-4-2-3-5-13(12)14/h2-5,14H,6-10H2,1H3,(H,20,21). The van der Waals surface area contributed by atoms with Crippen LogP contribution in [0.4, 0.5) is 0 Å². The number of aliphatic carboxylic acids is 1. The summed E-state index contributed by atoms with van der Waals surface area (Å²) < 4.78 is 0. The van der Waals surface area contributed by atoms with Gasteiger partial charge in [0, 0.05) is 19.1 Å². The highest BCUT2D eigenvalue weighted by Gasteiger charge is 2.31. The summed E-state index contributed by atoms with van der Waals surface area (Å²) in [4.78, 5) is 35.9. The van der Waals surface area contributed by atoms with Gasteiger partial charge in [-0.2, -0.15) is 0 Å². The van der Waals surface area contributed by atoms with Gasteiger partial charge in [0.05, 0.1) is 6.04 Å². The predicted octanol–water partition coefficient (Wildman–Crippen LogP) is 2.26. The molecular weight excluding hydrogens is 302 g/mol. The van der Waals surface area contributed by atoms with Crippen LogP contribution in [0.15, 0.2) is 24.3 Å². The van der Waals surface area contributed by atoms with Crippen molar-refractivity contribution in [3.05, 3.63) is 35.4 Å². The van der Waals surface area contributed by atoms with E-state index < -0.39 is 5.97 Å². The molecule has 1 unspecified atom stereocenters. The molecule has 0 aromatic heterocycles. The molecule has 6 heteroatoms. The van der Waals surface area contributed by atoms with E-state index >= 15 is 0 Å². The Kier molecular flexibility index (Phi) is 5.60. The van der Waals surface area contributed by atoms with E-state index in [0.717, 1.165) is 30.2 Å². The second kappa shape index (κ2) is 7.45. The molecule has 0 radical (unpaired) electrons. The molecule has 0 fully saturated rings. The van der Waals surface area contributed by atoms with Gasteiger partial charge in [-0.15, -0.1) is 0 Å². The van der Waals surface area contributed by atoms with Crippen LogP contribution in [0.1, 0.15) is 36.9 Å². The molecule has 0 spiro atoms. The Morgan fingerprint density at radius 2 is 2.05 bits per heavy atom. The van der Waals surface area contributed by atoms with E-state index in [1.807, 2.05) is 24.3 Å². The lowest BCUT2D eigenvalue weighted by atomic mass is 10.1. The zero-order valence-electron chi connectivity index (χ0n) is 12.4. The average Bonchev–Trinajstić information content (AvgIpc) is 2.87. The molecule has 1 aliphatic carbocycles. The summed E-state index contributed by atoms with van der Waals surface area (Å²) in [7, 11) is 0. The SMILES string of the molecule is CC(=O)SCCC(=O)N(CC(=O)O)C1CCc2ccccc21. The number of rotatable bonds is 6. The van der Waals surface area contributed by atoms with Crippen LogP contribution in [0.5, 0.6) is 0 Å². The molecule has 1 aromatic carbocycles. The molecule has 1 N–H and O–H groups in total. The van der Waals surface area contributed by atoms with Gasteiger partial charge in [0.2, 0.25) is 5.91 Å². The first-order valence-electron chi connectivity index (χ1n) is 7.21. The monoisotopic (exact) mass is 321 g/mol. The molecule has 1 aromatic rings. The Morgan fingerprint density at radius 1 is 1.32 bits per heavy atom. The highest BCUT2D eigenvalue weighted by Crippen LogP contribution is 2.35. The van der Waals surface area contributed by atoms with Crippen LogP contribution < -0.4 is 0 Å². The van der Waals surface area contributed by atoms with Crippen molar-refractivity contribution < 1.29 is 19.5 Å². The first-order valence-corrected chi connectivity index (χ1v) is 8.20. The molecule has 0 heterocycles. The van der Waals surface area contributed by atoms with Gasteiger partial charge in [0.1, 0.15) is 6.54 Å². The van der Waals surface area contributed by atoms with Crippen LogP contribution in [-0.4, -0.2) is 39.3 Å². The largest absolute Gasteiger partial charge is 0.480 e. The fourth-order valence-electron chi connectivity index (χ4n) is 2.80. The van der Waals surface area contributed by atoms with E-state index in [1.54, 1.807) is 0 Å². The molecule has 5 nitrogen and oxygen atoms in total. The number of carbonyl (C=O) groups is 3. The first kappa shape index (κ1) is 16.5. The highest BCUT2D eigenvalue weighted by molar-refractivity contribution is 8.13. The van der Waals surface area contributed by atoms with E-state index in [-0.39, 0.29) is 30.0 Å². The Morgan fingerprint density at radius 3 is 2.73 bits per heavy atom. The minimum absolute atomic E-state index is 0.0382. The molecule has 1 amide bonds. The summed E-state index contributed by atoms with van der Waals surface area (Å²) in [6.07, 6.45) is 1.78. The number of thioether (sulfide) groups is 1. The van der Waals surface area contributed by atoms with Crippen LogP contribution in [0, 0.1) is 0 Å².